The number of aliphatic hydroxyl groups excluding tert-OH is 1. The number of anilines is 2. The van der Waals surface area contributed by atoms with E-state index < -0.39 is 0 Å². The van der Waals surface area contributed by atoms with Gasteiger partial charge in [-0.1, -0.05) is 41.6 Å². The van der Waals surface area contributed by atoms with E-state index in [-0.39, 0.29) is 6.61 Å². The molecule has 4 heterocycles. The van der Waals surface area contributed by atoms with Gasteiger partial charge < -0.3 is 24.8 Å². The van der Waals surface area contributed by atoms with Crippen LogP contribution < -0.4 is 4.90 Å². The van der Waals surface area contributed by atoms with Gasteiger partial charge in [-0.05, 0) is 87.1 Å². The van der Waals surface area contributed by atoms with Crippen LogP contribution in [0.4, 0.5) is 11.4 Å². The maximum absolute atomic E-state index is 9.08. The maximum atomic E-state index is 9.08. The molecule has 9 nitrogen and oxygen atoms in total. The quantitative estimate of drug-likeness (QED) is 0.181. The molecule has 5 aromatic rings. The maximum Gasteiger partial charge on any atom is 0.137 e. The van der Waals surface area contributed by atoms with Gasteiger partial charge in [0.2, 0.25) is 0 Å². The molecule has 2 aromatic heterocycles. The number of aromatic amines is 1. The number of nitrogens with zero attached hydrogens (tertiary/aromatic N) is 7. The van der Waals surface area contributed by atoms with E-state index in [0.717, 1.165) is 76.8 Å². The fourth-order valence-electron chi connectivity index (χ4n) is 6.25. The Morgan fingerprint density at radius 2 is 1.70 bits per heavy atom. The predicted octanol–water partition coefficient (Wildman–Crippen LogP) is 5.85. The second kappa shape index (κ2) is 16.1. The molecule has 0 radical (unpaired) electrons. The number of rotatable bonds is 11. The fourth-order valence-corrected chi connectivity index (χ4v) is 7.49. The van der Waals surface area contributed by atoms with E-state index in [0.29, 0.717) is 0 Å². The zero-order valence-electron chi connectivity index (χ0n) is 27.4. The molecule has 0 unspecified atom stereocenters. The number of aromatic nitrogens is 4. The number of para-hydroxylation sites is 1. The highest BCUT2D eigenvalue weighted by molar-refractivity contribution is 7.99. The number of β-amino-alcohol motifs (C(OH)–C–C–N with tert-alkyl or cyclic N) is 1. The molecule has 2 aliphatic rings. The summed E-state index contributed by atoms with van der Waals surface area (Å²) in [4.78, 5) is 19.4. The van der Waals surface area contributed by atoms with Crippen molar-refractivity contribution in [3.8, 4) is 0 Å². The summed E-state index contributed by atoms with van der Waals surface area (Å²) in [5.41, 5.74) is 6.31. The third kappa shape index (κ3) is 8.76. The van der Waals surface area contributed by atoms with E-state index in [2.05, 4.69) is 110 Å². The van der Waals surface area contributed by atoms with Gasteiger partial charge in [-0.3, -0.25) is 4.90 Å². The molecule has 47 heavy (non-hydrogen) atoms. The van der Waals surface area contributed by atoms with Gasteiger partial charge in [-0.2, -0.15) is 5.10 Å². The summed E-state index contributed by atoms with van der Waals surface area (Å²) in [5.74, 6) is 0. The van der Waals surface area contributed by atoms with Gasteiger partial charge >= 0.3 is 0 Å². The summed E-state index contributed by atoms with van der Waals surface area (Å²) in [6, 6.07) is 21.4. The number of fused-ring (bicyclic) bond motifs is 3. The number of H-pyrrole nitrogens is 1. The number of likely N-dealkylation sites (N-methyl/N-ethyl adjacent to an activating group) is 1. The van der Waals surface area contributed by atoms with Gasteiger partial charge in [0.1, 0.15) is 12.7 Å². The summed E-state index contributed by atoms with van der Waals surface area (Å²) in [5, 5.41) is 15.3. The average molecular weight is 673 g/mol. The normalized spacial score (nSPS) is 15.0. The SMILES string of the molecule is CN(C)CCc1c[nH]c2ccc(Cn3cncn3)cc12.OCCN1CCN(CCCN2c3ccccc3Sc3ccc(Cl)cc32)CC1. The van der Waals surface area contributed by atoms with Gasteiger partial charge in [0, 0.05) is 77.7 Å². The minimum Gasteiger partial charge on any atom is -0.395 e. The number of halogens is 1. The molecule has 7 rings (SSSR count). The Morgan fingerprint density at radius 3 is 2.47 bits per heavy atom. The number of benzene rings is 3. The number of nitrogens with one attached hydrogen (secondary N) is 1. The second-order valence-corrected chi connectivity index (χ2v) is 14.0. The van der Waals surface area contributed by atoms with Crippen LogP contribution >= 0.6 is 23.4 Å². The first kappa shape index (κ1) is 33.5. The van der Waals surface area contributed by atoms with Crippen molar-refractivity contribution in [3.05, 3.63) is 95.7 Å². The molecule has 0 saturated carbocycles. The number of piperazine rings is 1. The Bertz CT molecular complexity index is 1720. The number of hydrogen-bond acceptors (Lipinski definition) is 8. The number of aliphatic hydroxyl groups is 1. The fraction of sp³-hybridized carbons (Fsp3) is 0.389. The molecule has 2 aliphatic heterocycles. The van der Waals surface area contributed by atoms with Crippen LogP contribution in [0.3, 0.4) is 0 Å². The molecule has 1 fully saturated rings. The Morgan fingerprint density at radius 1 is 0.915 bits per heavy atom. The Hall–Kier alpha value is -3.38. The monoisotopic (exact) mass is 672 g/mol. The van der Waals surface area contributed by atoms with Crippen molar-refractivity contribution < 1.29 is 5.11 Å². The van der Waals surface area contributed by atoms with Crippen molar-refractivity contribution in [2.45, 2.75) is 29.2 Å². The third-order valence-corrected chi connectivity index (χ3v) is 10.2. The zero-order valence-corrected chi connectivity index (χ0v) is 28.9. The Labute approximate surface area is 287 Å². The minimum absolute atomic E-state index is 0.258. The summed E-state index contributed by atoms with van der Waals surface area (Å²) >= 11 is 8.12. The van der Waals surface area contributed by atoms with Crippen LogP contribution in [0.1, 0.15) is 17.5 Å². The molecule has 3 aromatic carbocycles. The van der Waals surface area contributed by atoms with Gasteiger partial charge in [0.15, 0.2) is 0 Å². The van der Waals surface area contributed by atoms with Crippen LogP contribution in [0, 0.1) is 0 Å². The van der Waals surface area contributed by atoms with Crippen molar-refractivity contribution >= 4 is 45.6 Å². The molecule has 0 amide bonds. The van der Waals surface area contributed by atoms with Crippen molar-refractivity contribution in [2.75, 3.05) is 78.0 Å². The van der Waals surface area contributed by atoms with Crippen molar-refractivity contribution in [1.29, 1.82) is 0 Å². The summed E-state index contributed by atoms with van der Waals surface area (Å²) < 4.78 is 1.84. The third-order valence-electron chi connectivity index (χ3n) is 8.80. The van der Waals surface area contributed by atoms with Crippen LogP contribution in [-0.2, 0) is 13.0 Å². The topological polar surface area (TPSA) is 79.7 Å². The molecule has 0 bridgehead atoms. The first-order valence-corrected chi connectivity index (χ1v) is 17.6. The minimum atomic E-state index is 0.258. The van der Waals surface area contributed by atoms with Gasteiger partial charge in [0.05, 0.1) is 24.5 Å². The van der Waals surface area contributed by atoms with E-state index in [1.165, 1.54) is 43.2 Å². The predicted molar refractivity (Wildman–Crippen MR) is 193 cm³/mol. The summed E-state index contributed by atoms with van der Waals surface area (Å²) in [6.07, 6.45) is 7.60. The highest BCUT2D eigenvalue weighted by atomic mass is 35.5. The van der Waals surface area contributed by atoms with E-state index in [1.807, 2.05) is 22.5 Å². The molecular weight excluding hydrogens is 628 g/mol. The zero-order chi connectivity index (χ0) is 32.6. The Kier molecular flexibility index (Phi) is 11.5. The molecule has 0 atom stereocenters. The molecule has 2 N–H and O–H groups in total. The standard InChI is InChI=1S/C21H26ClN3OS.C15H19N5/c22-17-6-7-21-19(16-17)25(18-4-1-2-5-20(18)27-21)9-3-8-23-10-12-24(13-11-23)14-15-26;1-19(2)6-5-13-8-17-15-4-3-12(7-14(13)15)9-20-11-16-10-18-20/h1-2,4-7,16,26H,3,8-15H2;3-4,7-8,10-11,17H,5-6,9H2,1-2H3. The smallest absolute Gasteiger partial charge is 0.137 e. The second-order valence-electron chi connectivity index (χ2n) is 12.4. The largest absolute Gasteiger partial charge is 0.395 e. The van der Waals surface area contributed by atoms with E-state index >= 15 is 0 Å². The van der Waals surface area contributed by atoms with Crippen LogP contribution in [0.5, 0.6) is 0 Å². The number of hydrogen-bond donors (Lipinski definition) is 2. The highest BCUT2D eigenvalue weighted by Gasteiger charge is 2.24. The van der Waals surface area contributed by atoms with Crippen LogP contribution in [0.2, 0.25) is 5.02 Å². The lowest BCUT2D eigenvalue weighted by molar-refractivity contribution is 0.112. The first-order chi connectivity index (χ1) is 23.0. The summed E-state index contributed by atoms with van der Waals surface area (Å²) in [7, 11) is 4.20. The Balaban J connectivity index is 0.000000172. The van der Waals surface area contributed by atoms with Crippen molar-refractivity contribution in [1.82, 2.24) is 34.4 Å². The van der Waals surface area contributed by atoms with E-state index in [4.69, 9.17) is 16.7 Å². The molecule has 11 heteroatoms. The summed E-state index contributed by atoms with van der Waals surface area (Å²) in [6.45, 7) is 9.26. The van der Waals surface area contributed by atoms with Gasteiger partial charge in [-0.25, -0.2) is 9.67 Å². The van der Waals surface area contributed by atoms with Crippen LogP contribution in [-0.4, -0.2) is 113 Å². The van der Waals surface area contributed by atoms with Crippen molar-refractivity contribution in [3.63, 3.8) is 0 Å². The van der Waals surface area contributed by atoms with Crippen molar-refractivity contribution in [2.24, 2.45) is 0 Å². The lowest BCUT2D eigenvalue weighted by atomic mass is 10.1. The van der Waals surface area contributed by atoms with E-state index in [1.54, 1.807) is 12.7 Å². The molecule has 248 valence electrons. The molecule has 1 saturated heterocycles. The first-order valence-electron chi connectivity index (χ1n) is 16.4. The average Bonchev–Trinajstić information content (AvgIpc) is 3.75. The lowest BCUT2D eigenvalue weighted by Gasteiger charge is -2.36. The lowest BCUT2D eigenvalue weighted by Crippen LogP contribution is -2.47. The van der Waals surface area contributed by atoms with Gasteiger partial charge in [-0.15, -0.1) is 0 Å². The van der Waals surface area contributed by atoms with Crippen LogP contribution in [0.25, 0.3) is 10.9 Å². The van der Waals surface area contributed by atoms with Crippen LogP contribution in [0.15, 0.2) is 89.3 Å². The molecule has 0 spiro atoms. The van der Waals surface area contributed by atoms with Gasteiger partial charge in [0.25, 0.3) is 0 Å². The van der Waals surface area contributed by atoms with E-state index in [9.17, 15) is 0 Å². The highest BCUT2D eigenvalue weighted by Crippen LogP contribution is 2.48. The molecular formula is C36H45ClN8OS. The molecule has 0 aliphatic carbocycles.